The van der Waals surface area contributed by atoms with Crippen molar-refractivity contribution in [3.63, 3.8) is 0 Å². The van der Waals surface area contributed by atoms with Crippen molar-refractivity contribution in [1.29, 1.82) is 0 Å². The normalized spacial score (nSPS) is 28.1. The monoisotopic (exact) mass is 209 g/mol. The van der Waals surface area contributed by atoms with Crippen LogP contribution >= 0.6 is 0 Å². The van der Waals surface area contributed by atoms with Crippen molar-refractivity contribution in [2.45, 2.75) is 31.9 Å². The second-order valence-corrected chi connectivity index (χ2v) is 4.05. The van der Waals surface area contributed by atoms with Gasteiger partial charge in [-0.15, -0.1) is 0 Å². The first-order chi connectivity index (χ1) is 7.36. The first-order valence-electron chi connectivity index (χ1n) is 5.69. The fourth-order valence-electron chi connectivity index (χ4n) is 2.50. The standard InChI is InChI=1S/C12H19NO2/c1-3-10-9(6-8-15-10)12(13-2)11-5-4-7-14-11/h4-5,7,9-10,12-13H,3,6,8H2,1-2H3. The van der Waals surface area contributed by atoms with Gasteiger partial charge in [-0.05, 0) is 32.0 Å². The summed E-state index contributed by atoms with van der Waals surface area (Å²) >= 11 is 0. The van der Waals surface area contributed by atoms with Crippen molar-refractivity contribution in [3.05, 3.63) is 24.2 Å². The molecule has 3 heteroatoms. The number of hydrogen-bond donors (Lipinski definition) is 1. The van der Waals surface area contributed by atoms with Crippen LogP contribution in [0, 0.1) is 5.92 Å². The molecule has 1 aromatic heterocycles. The lowest BCUT2D eigenvalue weighted by Gasteiger charge is -2.25. The molecule has 0 spiro atoms. The molecule has 0 amide bonds. The molecular formula is C12H19NO2. The largest absolute Gasteiger partial charge is 0.468 e. The molecule has 2 heterocycles. The van der Waals surface area contributed by atoms with Crippen LogP contribution < -0.4 is 5.32 Å². The average molecular weight is 209 g/mol. The summed E-state index contributed by atoms with van der Waals surface area (Å²) in [5, 5.41) is 3.34. The Morgan fingerprint density at radius 1 is 1.60 bits per heavy atom. The Morgan fingerprint density at radius 2 is 2.47 bits per heavy atom. The zero-order valence-electron chi connectivity index (χ0n) is 9.40. The van der Waals surface area contributed by atoms with E-state index < -0.39 is 0 Å². The molecule has 2 rings (SSSR count). The first-order valence-corrected chi connectivity index (χ1v) is 5.69. The molecule has 1 N–H and O–H groups in total. The summed E-state index contributed by atoms with van der Waals surface area (Å²) in [6.45, 7) is 3.06. The lowest BCUT2D eigenvalue weighted by molar-refractivity contribution is 0.0757. The Hall–Kier alpha value is -0.800. The van der Waals surface area contributed by atoms with Gasteiger partial charge in [-0.1, -0.05) is 6.92 Å². The molecule has 15 heavy (non-hydrogen) atoms. The van der Waals surface area contributed by atoms with Crippen LogP contribution in [-0.2, 0) is 4.74 Å². The Morgan fingerprint density at radius 3 is 3.07 bits per heavy atom. The molecule has 84 valence electrons. The SMILES string of the molecule is CCC1OCCC1C(NC)c1ccco1. The maximum absolute atomic E-state index is 5.71. The number of rotatable bonds is 4. The van der Waals surface area contributed by atoms with Gasteiger partial charge in [0.2, 0.25) is 0 Å². The molecule has 0 aliphatic carbocycles. The molecule has 1 aliphatic rings. The van der Waals surface area contributed by atoms with Crippen molar-refractivity contribution in [2.75, 3.05) is 13.7 Å². The second kappa shape index (κ2) is 4.81. The van der Waals surface area contributed by atoms with Crippen LogP contribution in [0.15, 0.2) is 22.8 Å². The predicted octanol–water partition coefficient (Wildman–Crippen LogP) is 2.36. The van der Waals surface area contributed by atoms with Crippen LogP contribution in [0.5, 0.6) is 0 Å². The molecule has 0 radical (unpaired) electrons. The van der Waals surface area contributed by atoms with Crippen molar-refractivity contribution in [2.24, 2.45) is 5.92 Å². The van der Waals surface area contributed by atoms with Crippen LogP contribution in [0.1, 0.15) is 31.6 Å². The van der Waals surface area contributed by atoms with E-state index in [9.17, 15) is 0 Å². The van der Waals surface area contributed by atoms with Gasteiger partial charge in [0.05, 0.1) is 18.4 Å². The number of hydrogen-bond acceptors (Lipinski definition) is 3. The highest BCUT2D eigenvalue weighted by Crippen LogP contribution is 2.34. The van der Waals surface area contributed by atoms with Crippen LogP contribution in [0.2, 0.25) is 0 Å². The molecule has 0 saturated carbocycles. The number of nitrogens with one attached hydrogen (secondary N) is 1. The number of ether oxygens (including phenoxy) is 1. The molecule has 1 saturated heterocycles. The zero-order chi connectivity index (χ0) is 10.7. The third-order valence-electron chi connectivity index (χ3n) is 3.25. The summed E-state index contributed by atoms with van der Waals surface area (Å²) < 4.78 is 11.2. The van der Waals surface area contributed by atoms with Crippen molar-refractivity contribution >= 4 is 0 Å². The zero-order valence-corrected chi connectivity index (χ0v) is 9.40. The Labute approximate surface area is 90.8 Å². The van der Waals surface area contributed by atoms with Crippen molar-refractivity contribution < 1.29 is 9.15 Å². The van der Waals surface area contributed by atoms with E-state index in [-0.39, 0.29) is 6.04 Å². The molecule has 0 aromatic carbocycles. The molecular weight excluding hydrogens is 190 g/mol. The smallest absolute Gasteiger partial charge is 0.121 e. The third kappa shape index (κ3) is 2.08. The van der Waals surface area contributed by atoms with Crippen LogP contribution in [-0.4, -0.2) is 19.8 Å². The highest BCUT2D eigenvalue weighted by Gasteiger charge is 2.34. The quantitative estimate of drug-likeness (QED) is 0.826. The molecule has 3 unspecified atom stereocenters. The van der Waals surface area contributed by atoms with E-state index >= 15 is 0 Å². The van der Waals surface area contributed by atoms with Crippen LogP contribution in [0.3, 0.4) is 0 Å². The van der Waals surface area contributed by atoms with Gasteiger partial charge in [0.1, 0.15) is 5.76 Å². The summed E-state index contributed by atoms with van der Waals surface area (Å²) in [6, 6.07) is 4.26. The van der Waals surface area contributed by atoms with E-state index in [1.54, 1.807) is 6.26 Å². The minimum atomic E-state index is 0.285. The van der Waals surface area contributed by atoms with E-state index in [4.69, 9.17) is 9.15 Å². The Bertz CT molecular complexity index is 284. The molecule has 3 nitrogen and oxygen atoms in total. The number of furan rings is 1. The fourth-order valence-corrected chi connectivity index (χ4v) is 2.50. The van der Waals surface area contributed by atoms with E-state index in [0.717, 1.165) is 25.2 Å². The summed E-state index contributed by atoms with van der Waals surface area (Å²) in [5.74, 6) is 1.55. The summed E-state index contributed by atoms with van der Waals surface area (Å²) in [5.41, 5.74) is 0. The minimum Gasteiger partial charge on any atom is -0.468 e. The molecule has 1 aromatic rings. The maximum Gasteiger partial charge on any atom is 0.121 e. The van der Waals surface area contributed by atoms with E-state index in [1.165, 1.54) is 0 Å². The van der Waals surface area contributed by atoms with E-state index in [1.807, 2.05) is 19.2 Å². The predicted molar refractivity (Wildman–Crippen MR) is 58.6 cm³/mol. The van der Waals surface area contributed by atoms with Crippen molar-refractivity contribution in [3.8, 4) is 0 Å². The molecule has 0 bridgehead atoms. The van der Waals surface area contributed by atoms with E-state index in [2.05, 4.69) is 12.2 Å². The Kier molecular flexibility index (Phi) is 3.44. The van der Waals surface area contributed by atoms with Crippen LogP contribution in [0.25, 0.3) is 0 Å². The average Bonchev–Trinajstić information content (AvgIpc) is 2.89. The molecule has 1 aliphatic heterocycles. The van der Waals surface area contributed by atoms with Gasteiger partial charge in [0.25, 0.3) is 0 Å². The van der Waals surface area contributed by atoms with Gasteiger partial charge in [-0.25, -0.2) is 0 Å². The molecule has 3 atom stereocenters. The van der Waals surface area contributed by atoms with Gasteiger partial charge in [0, 0.05) is 12.5 Å². The van der Waals surface area contributed by atoms with Gasteiger partial charge in [-0.3, -0.25) is 0 Å². The summed E-state index contributed by atoms with van der Waals surface area (Å²) in [7, 11) is 1.98. The molecule has 1 fully saturated rings. The second-order valence-electron chi connectivity index (χ2n) is 4.05. The lowest BCUT2D eigenvalue weighted by Crippen LogP contribution is -2.30. The highest BCUT2D eigenvalue weighted by atomic mass is 16.5. The van der Waals surface area contributed by atoms with Gasteiger partial charge >= 0.3 is 0 Å². The minimum absolute atomic E-state index is 0.285. The highest BCUT2D eigenvalue weighted by molar-refractivity contribution is 5.07. The van der Waals surface area contributed by atoms with Crippen LogP contribution in [0.4, 0.5) is 0 Å². The van der Waals surface area contributed by atoms with Gasteiger partial charge in [-0.2, -0.15) is 0 Å². The summed E-state index contributed by atoms with van der Waals surface area (Å²) in [4.78, 5) is 0. The first kappa shape index (κ1) is 10.7. The topological polar surface area (TPSA) is 34.4 Å². The van der Waals surface area contributed by atoms with E-state index in [0.29, 0.717) is 12.0 Å². The van der Waals surface area contributed by atoms with Gasteiger partial charge < -0.3 is 14.5 Å². The lowest BCUT2D eigenvalue weighted by atomic mass is 9.90. The maximum atomic E-state index is 5.71. The Balaban J connectivity index is 2.12. The summed E-state index contributed by atoms with van der Waals surface area (Å²) in [6.07, 6.45) is 4.29. The third-order valence-corrected chi connectivity index (χ3v) is 3.25. The van der Waals surface area contributed by atoms with Gasteiger partial charge in [0.15, 0.2) is 0 Å². The fraction of sp³-hybridized carbons (Fsp3) is 0.667. The van der Waals surface area contributed by atoms with Crippen molar-refractivity contribution in [1.82, 2.24) is 5.32 Å².